The van der Waals surface area contributed by atoms with E-state index in [1.54, 1.807) is 22.9 Å². The highest BCUT2D eigenvalue weighted by atomic mass is 19.1. The predicted octanol–water partition coefficient (Wildman–Crippen LogP) is 3.55. The molecular weight excluding hydrogens is 440 g/mol. The highest BCUT2D eigenvalue weighted by Crippen LogP contribution is 2.31. The third-order valence-corrected chi connectivity index (χ3v) is 5.66. The highest BCUT2D eigenvalue weighted by Gasteiger charge is 2.20. The van der Waals surface area contributed by atoms with Gasteiger partial charge in [-0.25, -0.2) is 18.7 Å². The number of nitrogens with one attached hydrogen (secondary N) is 1. The monoisotopic (exact) mass is 461 g/mol. The molecule has 4 heterocycles. The van der Waals surface area contributed by atoms with E-state index in [2.05, 4.69) is 20.3 Å². The molecule has 1 aliphatic heterocycles. The fourth-order valence-electron chi connectivity index (χ4n) is 4.07. The largest absolute Gasteiger partial charge is 0.493 e. The van der Waals surface area contributed by atoms with Crippen molar-refractivity contribution in [2.24, 2.45) is 0 Å². The first-order valence-electron chi connectivity index (χ1n) is 10.7. The Bertz CT molecular complexity index is 1440. The van der Waals surface area contributed by atoms with Crippen LogP contribution in [0, 0.1) is 23.0 Å². The second-order valence-electron chi connectivity index (χ2n) is 8.27. The molecule has 0 amide bonds. The van der Waals surface area contributed by atoms with Crippen molar-refractivity contribution in [3.05, 3.63) is 70.9 Å². The molecule has 34 heavy (non-hydrogen) atoms. The first kappa shape index (κ1) is 21.7. The minimum absolute atomic E-state index is 0.176. The molecule has 8 nitrogen and oxygen atoms in total. The number of halogens is 2. The summed E-state index contributed by atoms with van der Waals surface area (Å²) in [5.41, 5.74) is 3.28. The van der Waals surface area contributed by atoms with Crippen molar-refractivity contribution in [3.8, 4) is 22.9 Å². The van der Waals surface area contributed by atoms with Crippen LogP contribution in [-0.4, -0.2) is 45.0 Å². The Kier molecular flexibility index (Phi) is 5.55. The molecule has 5 rings (SSSR count). The molecule has 0 saturated carbocycles. The number of hydrogen-bond acceptors (Lipinski definition) is 7. The minimum atomic E-state index is -0.436. The standard InChI is InChI=1S/C24H21F2N7O/c1-32(2)13-21-20(26)7-14(9-28-21)17-10-29-24(33-12-15(8-27)31-23(17)33)30-11-18-16-5-6-34-22(16)4-3-19(18)25/h3-4,7,9-10,12H,5-6,11,13H2,1-2H3,(H,29,30). The van der Waals surface area contributed by atoms with Gasteiger partial charge in [-0.05, 0) is 32.3 Å². The van der Waals surface area contributed by atoms with Crippen molar-refractivity contribution in [1.82, 2.24) is 24.3 Å². The van der Waals surface area contributed by atoms with Crippen LogP contribution < -0.4 is 10.1 Å². The summed E-state index contributed by atoms with van der Waals surface area (Å²) in [4.78, 5) is 14.9. The van der Waals surface area contributed by atoms with E-state index in [0.717, 1.165) is 5.56 Å². The first-order chi connectivity index (χ1) is 16.4. The number of nitrogens with zero attached hydrogens (tertiary/aromatic N) is 6. The Morgan fingerprint density at radius 3 is 2.82 bits per heavy atom. The lowest BCUT2D eigenvalue weighted by molar-refractivity contribution is 0.356. The van der Waals surface area contributed by atoms with Crippen molar-refractivity contribution in [3.63, 3.8) is 0 Å². The minimum Gasteiger partial charge on any atom is -0.493 e. The maximum Gasteiger partial charge on any atom is 0.208 e. The van der Waals surface area contributed by atoms with Crippen LogP contribution in [0.2, 0.25) is 0 Å². The smallest absolute Gasteiger partial charge is 0.208 e. The zero-order valence-corrected chi connectivity index (χ0v) is 18.6. The molecule has 0 aliphatic carbocycles. The van der Waals surface area contributed by atoms with Crippen molar-refractivity contribution in [2.75, 3.05) is 26.0 Å². The normalized spacial score (nSPS) is 12.6. The van der Waals surface area contributed by atoms with Gasteiger partial charge < -0.3 is 15.0 Å². The van der Waals surface area contributed by atoms with Crippen molar-refractivity contribution in [2.45, 2.75) is 19.5 Å². The van der Waals surface area contributed by atoms with Crippen LogP contribution in [0.25, 0.3) is 16.8 Å². The number of fused-ring (bicyclic) bond motifs is 2. The average molecular weight is 461 g/mol. The second kappa shape index (κ2) is 8.68. The van der Waals surface area contributed by atoms with Gasteiger partial charge in [0, 0.05) is 54.2 Å². The SMILES string of the molecule is CN(C)Cc1ncc(-c2cnc(NCc3c(F)ccc4c3CCO4)n3cc(C#N)nc23)cc1F. The molecule has 1 aliphatic rings. The van der Waals surface area contributed by atoms with Gasteiger partial charge >= 0.3 is 0 Å². The van der Waals surface area contributed by atoms with Gasteiger partial charge in [-0.3, -0.25) is 9.38 Å². The number of ether oxygens (including phenoxy) is 1. The summed E-state index contributed by atoms with van der Waals surface area (Å²) in [6, 6.07) is 6.44. The van der Waals surface area contributed by atoms with Gasteiger partial charge in [-0.1, -0.05) is 0 Å². The predicted molar refractivity (Wildman–Crippen MR) is 121 cm³/mol. The van der Waals surface area contributed by atoms with E-state index in [9.17, 15) is 14.0 Å². The van der Waals surface area contributed by atoms with E-state index < -0.39 is 5.82 Å². The van der Waals surface area contributed by atoms with E-state index in [4.69, 9.17) is 4.74 Å². The summed E-state index contributed by atoms with van der Waals surface area (Å²) in [5.74, 6) is 0.302. The Balaban J connectivity index is 1.51. The third kappa shape index (κ3) is 3.91. The van der Waals surface area contributed by atoms with Crippen LogP contribution in [-0.2, 0) is 19.5 Å². The molecule has 0 atom stereocenters. The van der Waals surface area contributed by atoms with Crippen LogP contribution in [0.5, 0.6) is 5.75 Å². The van der Waals surface area contributed by atoms with Crippen molar-refractivity contribution < 1.29 is 13.5 Å². The molecule has 0 fully saturated rings. The van der Waals surface area contributed by atoms with Crippen molar-refractivity contribution >= 4 is 11.6 Å². The number of benzene rings is 1. The van der Waals surface area contributed by atoms with E-state index in [1.165, 1.54) is 18.3 Å². The van der Waals surface area contributed by atoms with Crippen LogP contribution in [0.3, 0.4) is 0 Å². The van der Waals surface area contributed by atoms with Crippen LogP contribution in [0.4, 0.5) is 14.7 Å². The molecule has 10 heteroatoms. The lowest BCUT2D eigenvalue weighted by Gasteiger charge is -2.13. The number of hydrogen-bond donors (Lipinski definition) is 1. The lowest BCUT2D eigenvalue weighted by Crippen LogP contribution is -2.13. The zero-order chi connectivity index (χ0) is 23.8. The fourth-order valence-corrected chi connectivity index (χ4v) is 4.07. The first-order valence-corrected chi connectivity index (χ1v) is 10.7. The topological polar surface area (TPSA) is 91.4 Å². The maximum atomic E-state index is 14.7. The molecule has 172 valence electrons. The van der Waals surface area contributed by atoms with Crippen LogP contribution >= 0.6 is 0 Å². The molecule has 0 bridgehead atoms. The summed E-state index contributed by atoms with van der Waals surface area (Å²) in [6.07, 6.45) is 5.28. The summed E-state index contributed by atoms with van der Waals surface area (Å²) in [5, 5.41) is 12.5. The molecule has 0 spiro atoms. The number of imidazole rings is 1. The Labute approximate surface area is 194 Å². The van der Waals surface area contributed by atoms with Crippen LogP contribution in [0.1, 0.15) is 22.5 Å². The molecule has 0 unspecified atom stereocenters. The number of pyridine rings is 1. The number of nitriles is 1. The number of anilines is 1. The lowest BCUT2D eigenvalue weighted by atomic mass is 10.0. The molecule has 1 N–H and O–H groups in total. The average Bonchev–Trinajstić information content (AvgIpc) is 3.46. The molecule has 4 aromatic rings. The third-order valence-electron chi connectivity index (χ3n) is 5.66. The Morgan fingerprint density at radius 2 is 2.06 bits per heavy atom. The summed E-state index contributed by atoms with van der Waals surface area (Å²) in [7, 11) is 3.68. The molecular formula is C24H21F2N7O. The quantitative estimate of drug-likeness (QED) is 0.470. The molecule has 1 aromatic carbocycles. The van der Waals surface area contributed by atoms with Gasteiger partial charge in [0.2, 0.25) is 5.95 Å². The fraction of sp³-hybridized carbons (Fsp3) is 0.250. The summed E-state index contributed by atoms with van der Waals surface area (Å²) in [6.45, 7) is 1.07. The van der Waals surface area contributed by atoms with Gasteiger partial charge in [0.15, 0.2) is 11.3 Å². The van der Waals surface area contributed by atoms with Crippen molar-refractivity contribution in [1.29, 1.82) is 5.26 Å². The Hall–Kier alpha value is -4.10. The van der Waals surface area contributed by atoms with Gasteiger partial charge in [-0.15, -0.1) is 0 Å². The second-order valence-corrected chi connectivity index (χ2v) is 8.27. The molecule has 0 saturated heterocycles. The number of aromatic nitrogens is 4. The summed E-state index contributed by atoms with van der Waals surface area (Å²) < 4.78 is 36.3. The maximum absolute atomic E-state index is 14.7. The zero-order valence-electron chi connectivity index (χ0n) is 18.6. The molecule has 3 aromatic heterocycles. The van der Waals surface area contributed by atoms with Gasteiger partial charge in [-0.2, -0.15) is 5.26 Å². The van der Waals surface area contributed by atoms with E-state index in [1.807, 2.05) is 25.1 Å². The van der Waals surface area contributed by atoms with Crippen LogP contribution in [0.15, 0.2) is 36.8 Å². The highest BCUT2D eigenvalue weighted by molar-refractivity contribution is 5.78. The van der Waals surface area contributed by atoms with E-state index >= 15 is 0 Å². The number of rotatable bonds is 6. The van der Waals surface area contributed by atoms with Gasteiger partial charge in [0.25, 0.3) is 0 Å². The van der Waals surface area contributed by atoms with E-state index in [-0.39, 0.29) is 18.1 Å². The summed E-state index contributed by atoms with van der Waals surface area (Å²) >= 11 is 0. The Morgan fingerprint density at radius 1 is 1.21 bits per heavy atom. The van der Waals surface area contributed by atoms with E-state index in [0.29, 0.717) is 59.3 Å². The van der Waals surface area contributed by atoms with Gasteiger partial charge in [0.1, 0.15) is 23.5 Å². The van der Waals surface area contributed by atoms with Gasteiger partial charge in [0.05, 0.1) is 18.5 Å². The molecule has 0 radical (unpaired) electrons.